The van der Waals surface area contributed by atoms with Gasteiger partial charge in [0.2, 0.25) is 0 Å². The van der Waals surface area contributed by atoms with Crippen LogP contribution in [0.5, 0.6) is 0 Å². The van der Waals surface area contributed by atoms with Crippen molar-refractivity contribution in [2.75, 3.05) is 0 Å². The molecule has 1 atom stereocenters. The highest BCUT2D eigenvalue weighted by molar-refractivity contribution is 6.13. The van der Waals surface area contributed by atoms with Crippen LogP contribution in [0, 0.1) is 11.3 Å². The molecule has 1 aromatic heterocycles. The van der Waals surface area contributed by atoms with Crippen molar-refractivity contribution in [3.63, 3.8) is 0 Å². The number of Topliss-reactive ketones (excluding diaryl/α,β-unsaturated/α-hetero) is 2. The number of carbonyl (C=O) groups excluding carboxylic acids is 2. The van der Waals surface area contributed by atoms with Gasteiger partial charge in [-0.2, -0.15) is 0 Å². The Labute approximate surface area is 94.9 Å². The molecule has 1 aromatic rings. The largest absolute Gasteiger partial charge is 0.298 e. The van der Waals surface area contributed by atoms with Crippen LogP contribution in [0.3, 0.4) is 0 Å². The Morgan fingerprint density at radius 2 is 2.00 bits per heavy atom. The lowest BCUT2D eigenvalue weighted by Gasteiger charge is -2.15. The van der Waals surface area contributed by atoms with E-state index >= 15 is 0 Å². The van der Waals surface area contributed by atoms with Crippen molar-refractivity contribution in [3.05, 3.63) is 30.1 Å². The number of hydrogen-bond acceptors (Lipinski definition) is 3. The van der Waals surface area contributed by atoms with Crippen molar-refractivity contribution in [2.24, 2.45) is 11.3 Å². The van der Waals surface area contributed by atoms with Crippen LogP contribution in [0.2, 0.25) is 0 Å². The Bertz CT molecular complexity index is 423. The van der Waals surface area contributed by atoms with Gasteiger partial charge in [0, 0.05) is 23.4 Å². The molecule has 0 aromatic carbocycles. The maximum absolute atomic E-state index is 12.1. The zero-order chi connectivity index (χ0) is 11.8. The van der Waals surface area contributed by atoms with E-state index in [9.17, 15) is 9.59 Å². The molecule has 0 saturated heterocycles. The first-order valence-corrected chi connectivity index (χ1v) is 5.51. The molecular weight excluding hydrogens is 202 g/mol. The zero-order valence-electron chi connectivity index (χ0n) is 9.56. The second-order valence-corrected chi connectivity index (χ2v) is 4.94. The first-order chi connectivity index (χ1) is 7.52. The van der Waals surface area contributed by atoms with Crippen molar-refractivity contribution in [1.29, 1.82) is 0 Å². The first-order valence-electron chi connectivity index (χ1n) is 5.51. The van der Waals surface area contributed by atoms with E-state index in [0.717, 1.165) is 6.42 Å². The lowest BCUT2D eigenvalue weighted by molar-refractivity contribution is -0.126. The Morgan fingerprint density at radius 3 is 2.50 bits per heavy atom. The molecule has 0 aliphatic heterocycles. The fourth-order valence-corrected chi connectivity index (χ4v) is 2.20. The zero-order valence-corrected chi connectivity index (χ0v) is 9.56. The minimum Gasteiger partial charge on any atom is -0.298 e. The molecule has 0 spiro atoms. The van der Waals surface area contributed by atoms with Gasteiger partial charge in [0.1, 0.15) is 5.78 Å². The van der Waals surface area contributed by atoms with Gasteiger partial charge in [-0.05, 0) is 25.0 Å². The van der Waals surface area contributed by atoms with Crippen molar-refractivity contribution in [3.8, 4) is 0 Å². The number of aromatic nitrogens is 1. The molecule has 0 amide bonds. The van der Waals surface area contributed by atoms with Gasteiger partial charge in [-0.25, -0.2) is 0 Å². The smallest absolute Gasteiger partial charge is 0.173 e. The van der Waals surface area contributed by atoms with Crippen molar-refractivity contribution in [2.45, 2.75) is 26.7 Å². The second kappa shape index (κ2) is 3.81. The van der Waals surface area contributed by atoms with E-state index < -0.39 is 5.92 Å². The molecule has 1 unspecified atom stereocenters. The predicted molar refractivity (Wildman–Crippen MR) is 60.1 cm³/mol. The number of rotatable bonds is 2. The predicted octanol–water partition coefficient (Wildman–Crippen LogP) is 2.27. The SMILES string of the molecule is CC1(C)CCC(C(=O)c2ccncc2)C1=O. The van der Waals surface area contributed by atoms with E-state index in [4.69, 9.17) is 0 Å². The number of hydrogen-bond donors (Lipinski definition) is 0. The fraction of sp³-hybridized carbons (Fsp3) is 0.462. The maximum atomic E-state index is 12.1. The number of ketones is 2. The molecule has 0 N–H and O–H groups in total. The summed E-state index contributed by atoms with van der Waals surface area (Å²) in [5.74, 6) is -0.426. The van der Waals surface area contributed by atoms with Gasteiger partial charge in [-0.3, -0.25) is 14.6 Å². The minimum atomic E-state index is -0.447. The standard InChI is InChI=1S/C13H15NO2/c1-13(2)6-3-10(12(13)16)11(15)9-4-7-14-8-5-9/h4-5,7-8,10H,3,6H2,1-2H3. The molecule has 3 heteroatoms. The Morgan fingerprint density at radius 1 is 1.38 bits per heavy atom. The molecule has 1 saturated carbocycles. The molecule has 0 radical (unpaired) electrons. The molecule has 16 heavy (non-hydrogen) atoms. The summed E-state index contributed by atoms with van der Waals surface area (Å²) in [6.45, 7) is 3.82. The van der Waals surface area contributed by atoms with Crippen LogP contribution in [0.4, 0.5) is 0 Å². The van der Waals surface area contributed by atoms with Gasteiger partial charge in [-0.1, -0.05) is 13.8 Å². The minimum absolute atomic E-state index is 0.0574. The number of carbonyl (C=O) groups is 2. The van der Waals surface area contributed by atoms with Crippen LogP contribution in [-0.4, -0.2) is 16.6 Å². The summed E-state index contributed by atoms with van der Waals surface area (Å²) in [5.41, 5.74) is 0.249. The Hall–Kier alpha value is -1.51. The summed E-state index contributed by atoms with van der Waals surface area (Å²) < 4.78 is 0. The van der Waals surface area contributed by atoms with Crippen LogP contribution in [0.25, 0.3) is 0 Å². The third-order valence-corrected chi connectivity index (χ3v) is 3.32. The summed E-state index contributed by atoms with van der Waals surface area (Å²) in [6.07, 6.45) is 4.63. The topological polar surface area (TPSA) is 47.0 Å². The molecular formula is C13H15NO2. The maximum Gasteiger partial charge on any atom is 0.173 e. The summed E-state index contributed by atoms with van der Waals surface area (Å²) in [5, 5.41) is 0. The molecule has 2 rings (SSSR count). The third-order valence-electron chi connectivity index (χ3n) is 3.32. The van der Waals surface area contributed by atoms with Crippen molar-refractivity contribution >= 4 is 11.6 Å². The molecule has 3 nitrogen and oxygen atoms in total. The fourth-order valence-electron chi connectivity index (χ4n) is 2.20. The van der Waals surface area contributed by atoms with Crippen LogP contribution in [0.15, 0.2) is 24.5 Å². The summed E-state index contributed by atoms with van der Waals surface area (Å²) >= 11 is 0. The van der Waals surface area contributed by atoms with Crippen LogP contribution in [0.1, 0.15) is 37.0 Å². The summed E-state index contributed by atoms with van der Waals surface area (Å²) in [6, 6.07) is 3.34. The first kappa shape index (κ1) is 11.0. The van der Waals surface area contributed by atoms with Gasteiger partial charge < -0.3 is 0 Å². The van der Waals surface area contributed by atoms with Gasteiger partial charge in [0.15, 0.2) is 5.78 Å². The van der Waals surface area contributed by atoms with Gasteiger partial charge in [-0.15, -0.1) is 0 Å². The normalized spacial score (nSPS) is 23.4. The lowest BCUT2D eigenvalue weighted by atomic mass is 9.87. The number of pyridine rings is 1. The molecule has 1 heterocycles. The van der Waals surface area contributed by atoms with Crippen LogP contribution >= 0.6 is 0 Å². The van der Waals surface area contributed by atoms with E-state index in [0.29, 0.717) is 12.0 Å². The van der Waals surface area contributed by atoms with E-state index in [2.05, 4.69) is 4.98 Å². The van der Waals surface area contributed by atoms with E-state index in [-0.39, 0.29) is 17.0 Å². The Kier molecular flexibility index (Phi) is 2.62. The highest BCUT2D eigenvalue weighted by Gasteiger charge is 2.43. The van der Waals surface area contributed by atoms with Crippen molar-refractivity contribution in [1.82, 2.24) is 4.98 Å². The van der Waals surface area contributed by atoms with Crippen molar-refractivity contribution < 1.29 is 9.59 Å². The number of nitrogens with zero attached hydrogens (tertiary/aromatic N) is 1. The average Bonchev–Trinajstić information content (AvgIpc) is 2.55. The highest BCUT2D eigenvalue weighted by Crippen LogP contribution is 2.38. The summed E-state index contributed by atoms with van der Waals surface area (Å²) in [4.78, 5) is 28.0. The van der Waals surface area contributed by atoms with Gasteiger partial charge in [0.05, 0.1) is 5.92 Å². The lowest BCUT2D eigenvalue weighted by Crippen LogP contribution is -2.26. The van der Waals surface area contributed by atoms with Crippen LogP contribution < -0.4 is 0 Å². The highest BCUT2D eigenvalue weighted by atomic mass is 16.2. The van der Waals surface area contributed by atoms with Crippen LogP contribution in [-0.2, 0) is 4.79 Å². The molecule has 0 bridgehead atoms. The van der Waals surface area contributed by atoms with Gasteiger partial charge >= 0.3 is 0 Å². The van der Waals surface area contributed by atoms with Gasteiger partial charge in [0.25, 0.3) is 0 Å². The molecule has 1 aliphatic carbocycles. The second-order valence-electron chi connectivity index (χ2n) is 4.94. The average molecular weight is 217 g/mol. The van der Waals surface area contributed by atoms with E-state index in [1.165, 1.54) is 0 Å². The van der Waals surface area contributed by atoms with E-state index in [1.807, 2.05) is 13.8 Å². The third kappa shape index (κ3) is 1.77. The van der Waals surface area contributed by atoms with E-state index in [1.54, 1.807) is 24.5 Å². The quantitative estimate of drug-likeness (QED) is 0.564. The monoisotopic (exact) mass is 217 g/mol. The molecule has 1 aliphatic rings. The molecule has 84 valence electrons. The Balaban J connectivity index is 2.23. The summed E-state index contributed by atoms with van der Waals surface area (Å²) in [7, 11) is 0. The molecule has 1 fully saturated rings.